The molecule has 1 amide bonds. The first-order valence-electron chi connectivity index (χ1n) is 9.61. The van der Waals surface area contributed by atoms with E-state index < -0.39 is 12.1 Å². The normalized spacial score (nSPS) is 23.2. The first kappa shape index (κ1) is 23.3. The molecular formula is C20H24F3N3O4S. The van der Waals surface area contributed by atoms with E-state index in [1.54, 1.807) is 11.3 Å². The van der Waals surface area contributed by atoms with E-state index in [2.05, 4.69) is 27.0 Å². The van der Waals surface area contributed by atoms with E-state index in [0.717, 1.165) is 32.8 Å². The van der Waals surface area contributed by atoms with E-state index in [1.165, 1.54) is 5.56 Å². The molecule has 31 heavy (non-hydrogen) atoms. The van der Waals surface area contributed by atoms with Gasteiger partial charge in [-0.15, -0.1) is 0 Å². The van der Waals surface area contributed by atoms with Crippen molar-refractivity contribution in [2.45, 2.75) is 12.7 Å². The molecule has 2 aliphatic rings. The van der Waals surface area contributed by atoms with E-state index in [4.69, 9.17) is 14.6 Å². The Hall–Kier alpha value is -2.37. The molecule has 0 aromatic carbocycles. The van der Waals surface area contributed by atoms with Crippen LogP contribution in [-0.4, -0.2) is 65.5 Å². The van der Waals surface area contributed by atoms with Gasteiger partial charge in [-0.05, 0) is 34.5 Å². The van der Waals surface area contributed by atoms with Gasteiger partial charge in [-0.3, -0.25) is 9.69 Å². The predicted molar refractivity (Wildman–Crippen MR) is 108 cm³/mol. The number of carboxylic acid groups (broad SMARTS) is 1. The van der Waals surface area contributed by atoms with Crippen molar-refractivity contribution < 1.29 is 32.6 Å². The smallest absolute Gasteiger partial charge is 0.475 e. The lowest BCUT2D eigenvalue weighted by atomic mass is 9.81. The number of likely N-dealkylation sites (tertiary alicyclic amines) is 1. The largest absolute Gasteiger partial charge is 0.490 e. The third kappa shape index (κ3) is 5.66. The van der Waals surface area contributed by atoms with E-state index in [-0.39, 0.29) is 11.3 Å². The number of hydrogen-bond acceptors (Lipinski definition) is 5. The van der Waals surface area contributed by atoms with Gasteiger partial charge in [0.25, 0.3) is 5.91 Å². The summed E-state index contributed by atoms with van der Waals surface area (Å²) in [7, 11) is 1.90. The molecule has 170 valence electrons. The molecule has 2 N–H and O–H groups in total. The highest BCUT2D eigenvalue weighted by Gasteiger charge is 2.50. The second kappa shape index (κ2) is 9.41. The molecule has 2 fully saturated rings. The summed E-state index contributed by atoms with van der Waals surface area (Å²) >= 11 is 1.75. The summed E-state index contributed by atoms with van der Waals surface area (Å²) in [5, 5.41) is 14.6. The number of amides is 1. The summed E-state index contributed by atoms with van der Waals surface area (Å²) < 4.78 is 39.4. The number of fused-ring (bicyclic) bond motifs is 1. The second-order valence-electron chi connectivity index (χ2n) is 7.87. The van der Waals surface area contributed by atoms with Gasteiger partial charge in [-0.2, -0.15) is 24.5 Å². The van der Waals surface area contributed by atoms with Crippen molar-refractivity contribution in [2.24, 2.45) is 18.4 Å². The molecule has 2 aromatic rings. The van der Waals surface area contributed by atoms with Gasteiger partial charge in [0.05, 0.1) is 13.2 Å². The molecule has 0 spiro atoms. The maximum absolute atomic E-state index is 12.4. The van der Waals surface area contributed by atoms with Gasteiger partial charge in [0, 0.05) is 50.8 Å². The molecule has 0 unspecified atom stereocenters. The highest BCUT2D eigenvalue weighted by atomic mass is 32.1. The van der Waals surface area contributed by atoms with Crippen LogP contribution >= 0.6 is 11.3 Å². The minimum Gasteiger partial charge on any atom is -0.475 e. The fourth-order valence-electron chi connectivity index (χ4n) is 4.00. The summed E-state index contributed by atoms with van der Waals surface area (Å²) in [6.45, 7) is 5.26. The molecule has 0 saturated carbocycles. The van der Waals surface area contributed by atoms with E-state index in [1.807, 2.05) is 29.9 Å². The number of thiophene rings is 1. The standard InChI is InChI=1S/C18H23N3O2S.C2HF3O2/c1-20-5-2-3-16(20)17(22)19-11-18-12-21(7-14-4-6-24-10-14)8-15(18)9-23-13-18;3-2(4,5)1(6)7/h2-6,10,15H,7-9,11-13H2,1H3,(H,19,22);(H,6,7)/t15-,18+;/m1./s1. The average Bonchev–Trinajstić information content (AvgIpc) is 3.45. The number of alkyl halides is 3. The fraction of sp³-hybridized carbons (Fsp3) is 0.500. The van der Waals surface area contributed by atoms with Crippen molar-refractivity contribution in [3.8, 4) is 0 Å². The number of carbonyl (C=O) groups excluding carboxylic acids is 1. The zero-order valence-electron chi connectivity index (χ0n) is 16.9. The van der Waals surface area contributed by atoms with Crippen molar-refractivity contribution in [3.63, 3.8) is 0 Å². The zero-order valence-corrected chi connectivity index (χ0v) is 17.7. The third-order valence-electron chi connectivity index (χ3n) is 5.60. The molecule has 0 bridgehead atoms. The predicted octanol–water partition coefficient (Wildman–Crippen LogP) is 2.60. The molecule has 4 rings (SSSR count). The maximum Gasteiger partial charge on any atom is 0.490 e. The Morgan fingerprint density at radius 1 is 1.39 bits per heavy atom. The molecule has 0 radical (unpaired) electrons. The minimum atomic E-state index is -5.08. The maximum atomic E-state index is 12.4. The highest BCUT2D eigenvalue weighted by molar-refractivity contribution is 7.07. The van der Waals surface area contributed by atoms with Gasteiger partial charge >= 0.3 is 12.1 Å². The molecule has 0 aliphatic carbocycles. The second-order valence-corrected chi connectivity index (χ2v) is 8.65. The van der Waals surface area contributed by atoms with Crippen LogP contribution in [0.15, 0.2) is 35.2 Å². The lowest BCUT2D eigenvalue weighted by Crippen LogP contribution is -2.43. The Bertz CT molecular complexity index is 900. The summed E-state index contributed by atoms with van der Waals surface area (Å²) in [5.74, 6) is -2.25. The number of nitrogens with zero attached hydrogens (tertiary/aromatic N) is 2. The summed E-state index contributed by atoms with van der Waals surface area (Å²) in [6, 6.07) is 5.94. The van der Waals surface area contributed by atoms with E-state index in [0.29, 0.717) is 18.2 Å². The number of nitrogens with one attached hydrogen (secondary N) is 1. The summed E-state index contributed by atoms with van der Waals surface area (Å²) in [5.41, 5.74) is 2.13. The number of carboxylic acids is 1. The highest BCUT2D eigenvalue weighted by Crippen LogP contribution is 2.41. The lowest BCUT2D eigenvalue weighted by Gasteiger charge is -2.27. The topological polar surface area (TPSA) is 83.8 Å². The Labute approximate surface area is 181 Å². The van der Waals surface area contributed by atoms with Crippen LogP contribution in [0.2, 0.25) is 0 Å². The van der Waals surface area contributed by atoms with Gasteiger partial charge in [0.15, 0.2) is 0 Å². The number of carbonyl (C=O) groups is 2. The molecule has 4 heterocycles. The third-order valence-corrected chi connectivity index (χ3v) is 6.33. The van der Waals surface area contributed by atoms with Gasteiger partial charge in [-0.1, -0.05) is 0 Å². The van der Waals surface area contributed by atoms with Crippen LogP contribution in [0, 0.1) is 11.3 Å². The number of aryl methyl sites for hydroxylation is 1. The van der Waals surface area contributed by atoms with Crippen molar-refractivity contribution >= 4 is 23.2 Å². The van der Waals surface area contributed by atoms with Crippen LogP contribution in [0.1, 0.15) is 16.1 Å². The lowest BCUT2D eigenvalue weighted by molar-refractivity contribution is -0.192. The first-order valence-corrected chi connectivity index (χ1v) is 10.6. The van der Waals surface area contributed by atoms with Crippen LogP contribution in [-0.2, 0) is 23.1 Å². The summed E-state index contributed by atoms with van der Waals surface area (Å²) in [6.07, 6.45) is -3.19. The number of rotatable bonds is 5. The van der Waals surface area contributed by atoms with Crippen LogP contribution in [0.4, 0.5) is 13.2 Å². The number of halogens is 3. The van der Waals surface area contributed by atoms with Crippen LogP contribution in [0.25, 0.3) is 0 Å². The van der Waals surface area contributed by atoms with Crippen molar-refractivity contribution in [1.82, 2.24) is 14.8 Å². The Balaban J connectivity index is 0.000000339. The van der Waals surface area contributed by atoms with Crippen LogP contribution in [0.5, 0.6) is 0 Å². The molecule has 7 nitrogen and oxygen atoms in total. The fourth-order valence-corrected chi connectivity index (χ4v) is 4.66. The molecule has 2 aromatic heterocycles. The van der Waals surface area contributed by atoms with Crippen molar-refractivity contribution in [3.05, 3.63) is 46.4 Å². The van der Waals surface area contributed by atoms with Gasteiger partial charge in [-0.25, -0.2) is 4.79 Å². The zero-order chi connectivity index (χ0) is 22.6. The van der Waals surface area contributed by atoms with Crippen LogP contribution < -0.4 is 5.32 Å². The average molecular weight is 459 g/mol. The number of aromatic nitrogens is 1. The molecule has 2 saturated heterocycles. The molecule has 2 aliphatic heterocycles. The van der Waals surface area contributed by atoms with Crippen molar-refractivity contribution in [2.75, 3.05) is 32.8 Å². The first-order chi connectivity index (χ1) is 14.6. The van der Waals surface area contributed by atoms with Crippen molar-refractivity contribution in [1.29, 1.82) is 0 Å². The molecular weight excluding hydrogens is 435 g/mol. The SMILES string of the molecule is Cn1cccc1C(=O)NC[C@]12COC[C@H]1CN(Cc1ccsc1)C2.O=C(O)C(F)(F)F. The van der Waals surface area contributed by atoms with Gasteiger partial charge in [0.1, 0.15) is 5.69 Å². The number of ether oxygens (including phenoxy) is 1. The minimum absolute atomic E-state index is 0.00110. The van der Waals surface area contributed by atoms with E-state index >= 15 is 0 Å². The number of aliphatic carboxylic acids is 1. The van der Waals surface area contributed by atoms with Gasteiger partial charge in [0.2, 0.25) is 0 Å². The van der Waals surface area contributed by atoms with Crippen LogP contribution in [0.3, 0.4) is 0 Å². The number of hydrogen-bond donors (Lipinski definition) is 2. The van der Waals surface area contributed by atoms with E-state index in [9.17, 15) is 18.0 Å². The van der Waals surface area contributed by atoms with Gasteiger partial charge < -0.3 is 19.7 Å². The Morgan fingerprint density at radius 3 is 2.71 bits per heavy atom. The Kier molecular flexibility index (Phi) is 7.07. The molecule has 2 atom stereocenters. The molecule has 11 heteroatoms. The summed E-state index contributed by atoms with van der Waals surface area (Å²) in [4.78, 5) is 23.8. The Morgan fingerprint density at radius 2 is 2.13 bits per heavy atom. The monoisotopic (exact) mass is 459 g/mol. The quantitative estimate of drug-likeness (QED) is 0.718.